The van der Waals surface area contributed by atoms with Crippen molar-refractivity contribution in [3.8, 4) is 22.8 Å². The van der Waals surface area contributed by atoms with Crippen molar-refractivity contribution in [3.05, 3.63) is 66.9 Å². The van der Waals surface area contributed by atoms with Crippen LogP contribution in [0.2, 0.25) is 0 Å². The molecule has 1 fully saturated rings. The molecule has 7 heteroatoms. The smallest absolute Gasteiger partial charge is 0.326 e. The zero-order valence-corrected chi connectivity index (χ0v) is 20.0. The van der Waals surface area contributed by atoms with Gasteiger partial charge in [0.1, 0.15) is 24.2 Å². The van der Waals surface area contributed by atoms with Crippen LogP contribution >= 0.6 is 0 Å². The third-order valence-electron chi connectivity index (χ3n) is 6.82. The summed E-state index contributed by atoms with van der Waals surface area (Å²) in [4.78, 5) is 31.0. The lowest BCUT2D eigenvalue weighted by atomic mass is 10.0. The van der Waals surface area contributed by atoms with E-state index >= 15 is 0 Å². The molecular weight excluding hydrogens is 442 g/mol. The molecule has 1 aliphatic heterocycles. The van der Waals surface area contributed by atoms with Crippen LogP contribution in [-0.2, 0) is 4.79 Å². The maximum Gasteiger partial charge on any atom is 0.326 e. The Kier molecular flexibility index (Phi) is 6.16. The standard InChI is InChI=1S/C28H29N3O4/c1-3-23-17-31(27(33)30-22-7-5-4-6-8-22)24-11-9-20(15-25(24)35-23)21-10-12-26(29-16-21)34-18-28(13-14-28)19(2)32/h4-12,15-16,23H,3,13-14,17-18H2,1-2H3,(H,30,33). The second kappa shape index (κ2) is 9.41. The van der Waals surface area contributed by atoms with Crippen LogP contribution < -0.4 is 19.7 Å². The Hall–Kier alpha value is -3.87. The molecule has 5 rings (SSSR count). The van der Waals surface area contributed by atoms with E-state index in [2.05, 4.69) is 10.3 Å². The number of nitrogens with one attached hydrogen (secondary N) is 1. The Morgan fingerprint density at radius 3 is 2.54 bits per heavy atom. The summed E-state index contributed by atoms with van der Waals surface area (Å²) in [6, 6.07) is 18.8. The number of ether oxygens (including phenoxy) is 2. The lowest BCUT2D eigenvalue weighted by Gasteiger charge is -2.34. The minimum absolute atomic E-state index is 0.0933. The van der Waals surface area contributed by atoms with E-state index < -0.39 is 0 Å². The second-order valence-electron chi connectivity index (χ2n) is 9.25. The normalized spacial score (nSPS) is 17.7. The number of benzene rings is 2. The third-order valence-corrected chi connectivity index (χ3v) is 6.82. The SMILES string of the molecule is CCC1CN(C(=O)Nc2ccccc2)c2ccc(-c3ccc(OCC4(C(C)=O)CC4)nc3)cc2O1. The topological polar surface area (TPSA) is 80.8 Å². The van der Waals surface area contributed by atoms with Crippen molar-refractivity contribution in [1.29, 1.82) is 0 Å². The molecule has 3 aromatic rings. The van der Waals surface area contributed by atoms with E-state index in [1.165, 1.54) is 0 Å². The zero-order valence-electron chi connectivity index (χ0n) is 20.0. The predicted molar refractivity (Wildman–Crippen MR) is 135 cm³/mol. The number of urea groups is 1. The molecule has 2 aliphatic rings. The highest BCUT2D eigenvalue weighted by Crippen LogP contribution is 2.46. The Bertz CT molecular complexity index is 1220. The number of hydrogen-bond donors (Lipinski definition) is 1. The van der Waals surface area contributed by atoms with Crippen molar-refractivity contribution in [2.45, 2.75) is 39.2 Å². The Morgan fingerprint density at radius 2 is 1.89 bits per heavy atom. The first-order chi connectivity index (χ1) is 17.0. The van der Waals surface area contributed by atoms with Gasteiger partial charge in [0, 0.05) is 23.5 Å². The summed E-state index contributed by atoms with van der Waals surface area (Å²) < 4.78 is 12.0. The quantitative estimate of drug-likeness (QED) is 0.478. The summed E-state index contributed by atoms with van der Waals surface area (Å²) in [5, 5.41) is 2.97. The molecule has 1 N–H and O–H groups in total. The van der Waals surface area contributed by atoms with Gasteiger partial charge in [-0.05, 0) is 62.1 Å². The molecule has 2 heterocycles. The molecule has 1 unspecified atom stereocenters. The molecule has 2 amide bonds. The van der Waals surface area contributed by atoms with Gasteiger partial charge in [0.15, 0.2) is 0 Å². The average molecular weight is 472 g/mol. The van der Waals surface area contributed by atoms with Crippen molar-refractivity contribution < 1.29 is 19.1 Å². The summed E-state index contributed by atoms with van der Waals surface area (Å²) >= 11 is 0. The van der Waals surface area contributed by atoms with Gasteiger partial charge in [0.05, 0.1) is 17.6 Å². The summed E-state index contributed by atoms with van der Waals surface area (Å²) in [5.74, 6) is 1.35. The number of carbonyl (C=O) groups is 2. The van der Waals surface area contributed by atoms with Crippen LogP contribution in [0.3, 0.4) is 0 Å². The number of rotatable bonds is 7. The lowest BCUT2D eigenvalue weighted by molar-refractivity contribution is -0.123. The van der Waals surface area contributed by atoms with Crippen LogP contribution in [0, 0.1) is 5.41 Å². The number of pyridine rings is 1. The summed E-state index contributed by atoms with van der Waals surface area (Å²) in [6.07, 6.45) is 4.21. The minimum atomic E-state index is -0.315. The molecule has 7 nitrogen and oxygen atoms in total. The summed E-state index contributed by atoms with van der Waals surface area (Å²) in [5.41, 5.74) is 3.02. The first-order valence-corrected chi connectivity index (χ1v) is 12.0. The lowest BCUT2D eigenvalue weighted by Crippen LogP contribution is -2.45. The van der Waals surface area contributed by atoms with Gasteiger partial charge in [-0.2, -0.15) is 0 Å². The molecule has 180 valence electrons. The first kappa shape index (κ1) is 22.9. The van der Waals surface area contributed by atoms with E-state index in [0.29, 0.717) is 24.8 Å². The Morgan fingerprint density at radius 1 is 1.11 bits per heavy atom. The number of anilines is 2. The molecule has 1 atom stereocenters. The molecule has 0 radical (unpaired) electrons. The van der Waals surface area contributed by atoms with Crippen molar-refractivity contribution in [3.63, 3.8) is 0 Å². The van der Waals surface area contributed by atoms with E-state index in [1.54, 1.807) is 18.0 Å². The van der Waals surface area contributed by atoms with Gasteiger partial charge in [-0.3, -0.25) is 9.69 Å². The fourth-order valence-corrected chi connectivity index (χ4v) is 4.24. The van der Waals surface area contributed by atoms with Crippen molar-refractivity contribution in [2.75, 3.05) is 23.4 Å². The van der Waals surface area contributed by atoms with E-state index in [1.807, 2.05) is 67.6 Å². The molecule has 1 aliphatic carbocycles. The first-order valence-electron chi connectivity index (χ1n) is 12.0. The number of aromatic nitrogens is 1. The fraction of sp³-hybridized carbons (Fsp3) is 0.321. The number of amides is 2. The van der Waals surface area contributed by atoms with Gasteiger partial charge in [0.25, 0.3) is 0 Å². The number of hydrogen-bond acceptors (Lipinski definition) is 5. The van der Waals surface area contributed by atoms with E-state index in [0.717, 1.165) is 41.8 Å². The van der Waals surface area contributed by atoms with Crippen molar-refractivity contribution >= 4 is 23.2 Å². The average Bonchev–Trinajstić information content (AvgIpc) is 3.69. The van der Waals surface area contributed by atoms with Crippen LogP contribution in [0.15, 0.2) is 66.9 Å². The zero-order chi connectivity index (χ0) is 24.4. The van der Waals surface area contributed by atoms with Gasteiger partial charge >= 0.3 is 6.03 Å². The van der Waals surface area contributed by atoms with Crippen molar-refractivity contribution in [2.24, 2.45) is 5.41 Å². The molecule has 0 saturated heterocycles. The summed E-state index contributed by atoms with van der Waals surface area (Å²) in [7, 11) is 0. The highest BCUT2D eigenvalue weighted by Gasteiger charge is 2.48. The van der Waals surface area contributed by atoms with Crippen LogP contribution in [0.4, 0.5) is 16.2 Å². The maximum atomic E-state index is 13.1. The Labute approximate surface area is 205 Å². The number of nitrogens with zero attached hydrogens (tertiary/aromatic N) is 2. The second-order valence-corrected chi connectivity index (χ2v) is 9.25. The van der Waals surface area contributed by atoms with Gasteiger partial charge in [-0.25, -0.2) is 9.78 Å². The van der Waals surface area contributed by atoms with Crippen molar-refractivity contribution in [1.82, 2.24) is 4.98 Å². The Balaban J connectivity index is 1.33. The molecular formula is C28H29N3O4. The van der Waals surface area contributed by atoms with E-state index in [9.17, 15) is 9.59 Å². The van der Waals surface area contributed by atoms with Crippen LogP contribution in [0.5, 0.6) is 11.6 Å². The molecule has 2 aromatic carbocycles. The monoisotopic (exact) mass is 471 g/mol. The number of carbonyl (C=O) groups excluding carboxylic acids is 2. The number of ketones is 1. The maximum absolute atomic E-state index is 13.1. The molecule has 0 bridgehead atoms. The molecule has 1 aromatic heterocycles. The highest BCUT2D eigenvalue weighted by atomic mass is 16.5. The third kappa shape index (κ3) is 4.85. The molecule has 1 saturated carbocycles. The number of Topliss-reactive ketones (excluding diaryl/α,β-unsaturated/α-hetero) is 1. The number of fused-ring (bicyclic) bond motifs is 1. The minimum Gasteiger partial charge on any atom is -0.486 e. The predicted octanol–water partition coefficient (Wildman–Crippen LogP) is 5.71. The van der Waals surface area contributed by atoms with Crippen LogP contribution in [-0.4, -0.2) is 36.1 Å². The van der Waals surface area contributed by atoms with Gasteiger partial charge in [-0.15, -0.1) is 0 Å². The largest absolute Gasteiger partial charge is 0.486 e. The van der Waals surface area contributed by atoms with Gasteiger partial charge < -0.3 is 14.8 Å². The fourth-order valence-electron chi connectivity index (χ4n) is 4.24. The van der Waals surface area contributed by atoms with E-state index in [4.69, 9.17) is 9.47 Å². The van der Waals surface area contributed by atoms with Gasteiger partial charge in [0.2, 0.25) is 5.88 Å². The summed E-state index contributed by atoms with van der Waals surface area (Å²) in [6.45, 7) is 4.53. The molecule has 0 spiro atoms. The molecule has 35 heavy (non-hydrogen) atoms. The number of para-hydroxylation sites is 1. The van der Waals surface area contributed by atoms with E-state index in [-0.39, 0.29) is 23.3 Å². The van der Waals surface area contributed by atoms with Crippen LogP contribution in [0.25, 0.3) is 11.1 Å². The van der Waals surface area contributed by atoms with Crippen LogP contribution in [0.1, 0.15) is 33.1 Å². The van der Waals surface area contributed by atoms with Gasteiger partial charge in [-0.1, -0.05) is 31.2 Å². The highest BCUT2D eigenvalue weighted by molar-refractivity contribution is 6.03.